The highest BCUT2D eigenvalue weighted by Gasteiger charge is 2.30. The third-order valence-electron chi connectivity index (χ3n) is 7.69. The summed E-state index contributed by atoms with van der Waals surface area (Å²) in [6, 6.07) is 14.6. The second-order valence-electron chi connectivity index (χ2n) is 10.5. The minimum Gasteiger partial charge on any atom is -0.335 e. The van der Waals surface area contributed by atoms with Crippen LogP contribution >= 0.6 is 22.9 Å². The molecule has 202 valence electrons. The Morgan fingerprint density at radius 3 is 2.53 bits per heavy atom. The molecular weight excluding hydrogens is 514 g/mol. The number of hydrogen-bond donors (Lipinski definition) is 0. The van der Waals surface area contributed by atoms with Crippen LogP contribution in [0.5, 0.6) is 0 Å². The molecule has 3 heterocycles. The lowest BCUT2D eigenvalue weighted by molar-refractivity contribution is -0.134. The van der Waals surface area contributed by atoms with Crippen LogP contribution in [0.2, 0.25) is 5.15 Å². The van der Waals surface area contributed by atoms with Crippen LogP contribution in [0.15, 0.2) is 53.2 Å². The van der Waals surface area contributed by atoms with Crippen molar-refractivity contribution >= 4 is 34.6 Å². The number of halogens is 1. The van der Waals surface area contributed by atoms with E-state index in [0.29, 0.717) is 41.8 Å². The Balaban J connectivity index is 1.29. The number of Topliss-reactive ketones (excluding diaryl/α,β-unsaturated/α-hetero) is 1. The number of rotatable bonds is 11. The van der Waals surface area contributed by atoms with Gasteiger partial charge in [0.2, 0.25) is 5.91 Å². The van der Waals surface area contributed by atoms with Gasteiger partial charge in [-0.1, -0.05) is 41.9 Å². The van der Waals surface area contributed by atoms with E-state index in [9.17, 15) is 9.59 Å². The van der Waals surface area contributed by atoms with Crippen LogP contribution in [0.25, 0.3) is 0 Å². The molecule has 5 nitrogen and oxygen atoms in total. The molecule has 0 N–H and O–H groups in total. The molecule has 1 amide bonds. The van der Waals surface area contributed by atoms with Gasteiger partial charge in [0.05, 0.1) is 12.1 Å². The van der Waals surface area contributed by atoms with Gasteiger partial charge < -0.3 is 9.80 Å². The third-order valence-corrected chi connectivity index (χ3v) is 8.61. The summed E-state index contributed by atoms with van der Waals surface area (Å²) in [6.07, 6.45) is 4.74. The Morgan fingerprint density at radius 2 is 1.87 bits per heavy atom. The van der Waals surface area contributed by atoms with E-state index in [1.54, 1.807) is 17.4 Å². The van der Waals surface area contributed by atoms with Gasteiger partial charge in [0.1, 0.15) is 5.15 Å². The number of amides is 1. The van der Waals surface area contributed by atoms with Gasteiger partial charge >= 0.3 is 0 Å². The van der Waals surface area contributed by atoms with E-state index in [1.807, 2.05) is 44.2 Å². The molecule has 0 bridgehead atoms. The summed E-state index contributed by atoms with van der Waals surface area (Å²) in [5, 5.41) is 4.66. The van der Waals surface area contributed by atoms with Gasteiger partial charge in [0, 0.05) is 43.7 Å². The third kappa shape index (κ3) is 7.52. The van der Waals surface area contributed by atoms with E-state index in [2.05, 4.69) is 38.5 Å². The molecule has 4 rings (SSSR count). The first kappa shape index (κ1) is 28.5. The predicted octanol–water partition coefficient (Wildman–Crippen LogP) is 6.89. The maximum Gasteiger partial charge on any atom is 0.227 e. The maximum atomic E-state index is 13.4. The van der Waals surface area contributed by atoms with Crippen LogP contribution in [0.3, 0.4) is 0 Å². The average molecular weight is 552 g/mol. The maximum absolute atomic E-state index is 13.4. The Hall–Kier alpha value is -2.54. The molecule has 3 aromatic rings. The number of carbonyl (C=O) groups is 2. The quantitative estimate of drug-likeness (QED) is 0.192. The van der Waals surface area contributed by atoms with Gasteiger partial charge in [-0.2, -0.15) is 11.3 Å². The lowest BCUT2D eigenvalue weighted by Gasteiger charge is -2.41. The van der Waals surface area contributed by atoms with Crippen molar-refractivity contribution in [2.75, 3.05) is 13.1 Å². The van der Waals surface area contributed by atoms with Crippen molar-refractivity contribution in [3.8, 4) is 0 Å². The number of benzene rings is 1. The first-order valence-corrected chi connectivity index (χ1v) is 14.9. The van der Waals surface area contributed by atoms with Crippen molar-refractivity contribution < 1.29 is 9.59 Å². The minimum atomic E-state index is 0.149. The fourth-order valence-corrected chi connectivity index (χ4v) is 6.53. The van der Waals surface area contributed by atoms with Gasteiger partial charge in [0.15, 0.2) is 5.78 Å². The van der Waals surface area contributed by atoms with E-state index < -0.39 is 0 Å². The number of aryl methyl sites for hydroxylation is 2. The van der Waals surface area contributed by atoms with E-state index in [4.69, 9.17) is 11.6 Å². The standard InChI is InChI=1S/C31H38ClN3O2S/c1-22-18-29(32)33-24(3)31(22)28(36)11-7-8-23(2)34-15-12-27(13-16-34)35(20-26-14-17-38-21-26)30(37)19-25-9-5-4-6-10-25/h4-6,9-10,14,17-18,21,23,27H,7-8,11-13,15-16,19-20H2,1-3H3. The Bertz CT molecular complexity index is 1180. The van der Waals surface area contributed by atoms with Crippen molar-refractivity contribution in [3.05, 3.63) is 86.3 Å². The monoisotopic (exact) mass is 551 g/mol. The molecule has 0 spiro atoms. The largest absolute Gasteiger partial charge is 0.335 e. The molecule has 0 radical (unpaired) electrons. The lowest BCUT2D eigenvalue weighted by Crippen LogP contribution is -2.49. The van der Waals surface area contributed by atoms with Crippen molar-refractivity contribution in [2.45, 2.75) is 77.9 Å². The van der Waals surface area contributed by atoms with Gasteiger partial charge in [-0.3, -0.25) is 9.59 Å². The van der Waals surface area contributed by atoms with Crippen molar-refractivity contribution in [1.29, 1.82) is 0 Å². The van der Waals surface area contributed by atoms with Crippen LogP contribution in [0, 0.1) is 13.8 Å². The first-order valence-electron chi connectivity index (χ1n) is 13.6. The molecule has 7 heteroatoms. The molecule has 0 aliphatic carbocycles. The highest BCUT2D eigenvalue weighted by molar-refractivity contribution is 7.07. The minimum absolute atomic E-state index is 0.149. The van der Waals surface area contributed by atoms with Gasteiger partial charge in [-0.25, -0.2) is 4.98 Å². The number of ketones is 1. The van der Waals surface area contributed by atoms with Gasteiger partial charge in [0.25, 0.3) is 0 Å². The molecule has 1 atom stereocenters. The molecule has 1 saturated heterocycles. The molecule has 1 aliphatic heterocycles. The summed E-state index contributed by atoms with van der Waals surface area (Å²) in [5.74, 6) is 0.353. The highest BCUT2D eigenvalue weighted by atomic mass is 35.5. The molecule has 1 aliphatic rings. The number of hydrogen-bond acceptors (Lipinski definition) is 5. The summed E-state index contributed by atoms with van der Waals surface area (Å²) in [5.41, 5.74) is 4.60. The molecule has 38 heavy (non-hydrogen) atoms. The lowest BCUT2D eigenvalue weighted by atomic mass is 9.96. The predicted molar refractivity (Wildman–Crippen MR) is 156 cm³/mol. The highest BCUT2D eigenvalue weighted by Crippen LogP contribution is 2.25. The smallest absolute Gasteiger partial charge is 0.227 e. The molecular formula is C31H38ClN3O2S. The molecule has 2 aromatic heterocycles. The number of nitrogens with zero attached hydrogens (tertiary/aromatic N) is 3. The summed E-state index contributed by atoms with van der Waals surface area (Å²) in [4.78, 5) is 35.2. The van der Waals surface area contributed by atoms with Crippen LogP contribution in [0.4, 0.5) is 0 Å². The molecule has 1 fully saturated rings. The fourth-order valence-electron chi connectivity index (χ4n) is 5.58. The number of carbonyl (C=O) groups excluding carboxylic acids is 2. The zero-order valence-electron chi connectivity index (χ0n) is 22.7. The number of piperidine rings is 1. The van der Waals surface area contributed by atoms with E-state index in [-0.39, 0.29) is 17.7 Å². The summed E-state index contributed by atoms with van der Waals surface area (Å²) in [6.45, 7) is 8.65. The second-order valence-corrected chi connectivity index (χ2v) is 11.6. The van der Waals surface area contributed by atoms with Crippen molar-refractivity contribution in [1.82, 2.24) is 14.8 Å². The fraction of sp³-hybridized carbons (Fsp3) is 0.452. The molecule has 0 saturated carbocycles. The van der Waals surface area contributed by atoms with Crippen LogP contribution in [0.1, 0.15) is 71.8 Å². The Kier molecular flexibility index (Phi) is 10.1. The van der Waals surface area contributed by atoms with Crippen LogP contribution in [-0.2, 0) is 17.8 Å². The molecule has 1 aromatic carbocycles. The van der Waals surface area contributed by atoms with E-state index >= 15 is 0 Å². The second kappa shape index (κ2) is 13.5. The van der Waals surface area contributed by atoms with Gasteiger partial charge in [-0.05, 0) is 86.0 Å². The van der Waals surface area contributed by atoms with Crippen LogP contribution in [-0.4, -0.2) is 51.6 Å². The zero-order valence-corrected chi connectivity index (χ0v) is 24.2. The number of pyridine rings is 1. The van der Waals surface area contributed by atoms with Gasteiger partial charge in [-0.15, -0.1) is 0 Å². The summed E-state index contributed by atoms with van der Waals surface area (Å²) < 4.78 is 0. The zero-order chi connectivity index (χ0) is 27.1. The van der Waals surface area contributed by atoms with Crippen LogP contribution < -0.4 is 0 Å². The SMILES string of the molecule is Cc1cc(Cl)nc(C)c1C(=O)CCCC(C)N1CCC(N(Cc2ccsc2)C(=O)Cc2ccccc2)CC1. The number of thiophene rings is 1. The first-order chi connectivity index (χ1) is 18.3. The topological polar surface area (TPSA) is 53.5 Å². The molecule has 1 unspecified atom stereocenters. The summed E-state index contributed by atoms with van der Waals surface area (Å²) >= 11 is 7.71. The Morgan fingerprint density at radius 1 is 1.13 bits per heavy atom. The van der Waals surface area contributed by atoms with Crippen molar-refractivity contribution in [3.63, 3.8) is 0 Å². The van der Waals surface area contributed by atoms with E-state index in [1.165, 1.54) is 5.56 Å². The summed E-state index contributed by atoms with van der Waals surface area (Å²) in [7, 11) is 0. The number of aromatic nitrogens is 1. The average Bonchev–Trinajstić information content (AvgIpc) is 3.41. The Labute approximate surface area is 235 Å². The van der Waals surface area contributed by atoms with Crippen molar-refractivity contribution in [2.24, 2.45) is 0 Å². The normalized spacial score (nSPS) is 15.4. The van der Waals surface area contributed by atoms with E-state index in [0.717, 1.165) is 49.9 Å². The number of likely N-dealkylation sites (tertiary alicyclic amines) is 1.